The smallest absolute Gasteiger partial charge is 0.223 e. The molecular formula is C11H14ClIN2O. The third kappa shape index (κ3) is 4.17. The van der Waals surface area contributed by atoms with Crippen LogP contribution >= 0.6 is 34.2 Å². The Morgan fingerprint density at radius 3 is 2.75 bits per heavy atom. The summed E-state index contributed by atoms with van der Waals surface area (Å²) in [7, 11) is 3.50. The van der Waals surface area contributed by atoms with Crippen molar-refractivity contribution in [2.45, 2.75) is 6.42 Å². The third-order valence-corrected chi connectivity index (χ3v) is 3.07. The normalized spacial score (nSPS) is 10.0. The number of nitrogens with zero attached hydrogens (tertiary/aromatic N) is 1. The Morgan fingerprint density at radius 1 is 1.50 bits per heavy atom. The molecule has 5 heteroatoms. The molecule has 1 N–H and O–H groups in total. The molecule has 1 aromatic rings. The molecule has 0 radical (unpaired) electrons. The lowest BCUT2D eigenvalue weighted by Gasteiger charge is -2.12. The Balaban J connectivity index is 2.46. The predicted octanol–water partition coefficient (Wildman–Crippen LogP) is 2.83. The summed E-state index contributed by atoms with van der Waals surface area (Å²) < 4.78 is 1.09. The van der Waals surface area contributed by atoms with E-state index in [0.717, 1.165) is 9.26 Å². The first-order chi connectivity index (χ1) is 7.50. The number of amides is 1. The lowest BCUT2D eigenvalue weighted by atomic mass is 10.3. The van der Waals surface area contributed by atoms with E-state index in [9.17, 15) is 4.79 Å². The first-order valence-electron chi connectivity index (χ1n) is 4.90. The van der Waals surface area contributed by atoms with Crippen molar-refractivity contribution >= 4 is 45.8 Å². The van der Waals surface area contributed by atoms with Gasteiger partial charge in [0, 0.05) is 30.6 Å². The molecule has 1 amide bonds. The standard InChI is InChI=1S/C11H14ClIN2O/c1-15(2)11(16)5-6-14-10-4-3-8(13)7-9(10)12/h3-4,7,14H,5-6H2,1-2H3. The second-order valence-corrected chi connectivity index (χ2v) is 5.24. The van der Waals surface area contributed by atoms with Crippen molar-refractivity contribution < 1.29 is 4.79 Å². The summed E-state index contributed by atoms with van der Waals surface area (Å²) in [6, 6.07) is 5.78. The van der Waals surface area contributed by atoms with Crippen molar-refractivity contribution in [1.29, 1.82) is 0 Å². The summed E-state index contributed by atoms with van der Waals surface area (Å²) >= 11 is 8.25. The van der Waals surface area contributed by atoms with Gasteiger partial charge in [-0.2, -0.15) is 0 Å². The van der Waals surface area contributed by atoms with E-state index < -0.39 is 0 Å². The molecule has 1 aromatic carbocycles. The van der Waals surface area contributed by atoms with E-state index in [2.05, 4.69) is 27.9 Å². The number of hydrogen-bond acceptors (Lipinski definition) is 2. The van der Waals surface area contributed by atoms with Crippen LogP contribution in [0.2, 0.25) is 5.02 Å². The lowest BCUT2D eigenvalue weighted by Crippen LogP contribution is -2.23. The van der Waals surface area contributed by atoms with Gasteiger partial charge in [-0.1, -0.05) is 11.6 Å². The maximum absolute atomic E-state index is 11.3. The molecular weight excluding hydrogens is 338 g/mol. The van der Waals surface area contributed by atoms with Gasteiger partial charge >= 0.3 is 0 Å². The highest BCUT2D eigenvalue weighted by molar-refractivity contribution is 14.1. The van der Waals surface area contributed by atoms with Crippen molar-refractivity contribution in [3.05, 3.63) is 26.8 Å². The van der Waals surface area contributed by atoms with Crippen LogP contribution in [0.25, 0.3) is 0 Å². The molecule has 0 fully saturated rings. The van der Waals surface area contributed by atoms with Gasteiger partial charge in [-0.05, 0) is 40.8 Å². The van der Waals surface area contributed by atoms with Crippen molar-refractivity contribution in [3.63, 3.8) is 0 Å². The lowest BCUT2D eigenvalue weighted by molar-refractivity contribution is -0.128. The first-order valence-corrected chi connectivity index (χ1v) is 6.35. The van der Waals surface area contributed by atoms with Crippen LogP contribution in [-0.2, 0) is 4.79 Å². The fourth-order valence-corrected chi connectivity index (χ4v) is 2.08. The number of anilines is 1. The van der Waals surface area contributed by atoms with Crippen LogP contribution in [-0.4, -0.2) is 31.4 Å². The molecule has 16 heavy (non-hydrogen) atoms. The zero-order valence-electron chi connectivity index (χ0n) is 9.26. The van der Waals surface area contributed by atoms with Gasteiger partial charge in [0.15, 0.2) is 0 Å². The average molecular weight is 353 g/mol. The molecule has 0 bridgehead atoms. The first kappa shape index (κ1) is 13.6. The van der Waals surface area contributed by atoms with E-state index in [-0.39, 0.29) is 5.91 Å². The number of carbonyl (C=O) groups excluding carboxylic acids is 1. The van der Waals surface area contributed by atoms with Crippen molar-refractivity contribution in [2.24, 2.45) is 0 Å². The second-order valence-electron chi connectivity index (χ2n) is 3.59. The average Bonchev–Trinajstić information content (AvgIpc) is 2.20. The zero-order chi connectivity index (χ0) is 12.1. The molecule has 0 aliphatic heterocycles. The molecule has 88 valence electrons. The van der Waals surface area contributed by atoms with E-state index in [1.807, 2.05) is 18.2 Å². The third-order valence-electron chi connectivity index (χ3n) is 2.08. The summed E-state index contributed by atoms with van der Waals surface area (Å²) in [5, 5.41) is 3.83. The van der Waals surface area contributed by atoms with Gasteiger partial charge in [-0.3, -0.25) is 4.79 Å². The number of hydrogen-bond donors (Lipinski definition) is 1. The molecule has 0 spiro atoms. The highest BCUT2D eigenvalue weighted by Gasteiger charge is 2.04. The van der Waals surface area contributed by atoms with Gasteiger partial charge in [-0.25, -0.2) is 0 Å². The summed E-state index contributed by atoms with van der Waals surface area (Å²) in [5.41, 5.74) is 0.869. The Labute approximate surface area is 114 Å². The Hall–Kier alpha value is -0.490. The minimum atomic E-state index is 0.106. The summed E-state index contributed by atoms with van der Waals surface area (Å²) in [4.78, 5) is 12.9. The molecule has 0 aliphatic rings. The minimum absolute atomic E-state index is 0.106. The van der Waals surface area contributed by atoms with E-state index in [1.54, 1.807) is 19.0 Å². The molecule has 0 atom stereocenters. The van der Waals surface area contributed by atoms with E-state index in [0.29, 0.717) is 18.0 Å². The second kappa shape index (κ2) is 6.30. The Morgan fingerprint density at radius 2 is 2.19 bits per heavy atom. The van der Waals surface area contributed by atoms with Gasteiger partial charge in [0.1, 0.15) is 0 Å². The number of halogens is 2. The van der Waals surface area contributed by atoms with Crippen LogP contribution in [0.15, 0.2) is 18.2 Å². The number of benzene rings is 1. The topological polar surface area (TPSA) is 32.3 Å². The molecule has 0 saturated heterocycles. The number of carbonyl (C=O) groups is 1. The van der Waals surface area contributed by atoms with Gasteiger partial charge in [0.2, 0.25) is 5.91 Å². The quantitative estimate of drug-likeness (QED) is 0.845. The van der Waals surface area contributed by atoms with Crippen LogP contribution in [0.4, 0.5) is 5.69 Å². The Bertz CT molecular complexity index is 382. The van der Waals surface area contributed by atoms with Crippen molar-refractivity contribution in [1.82, 2.24) is 4.90 Å². The van der Waals surface area contributed by atoms with Crippen LogP contribution in [0, 0.1) is 3.57 Å². The molecule has 0 aliphatic carbocycles. The van der Waals surface area contributed by atoms with Crippen LogP contribution in [0.1, 0.15) is 6.42 Å². The maximum atomic E-state index is 11.3. The highest BCUT2D eigenvalue weighted by Crippen LogP contribution is 2.23. The molecule has 0 aromatic heterocycles. The molecule has 3 nitrogen and oxygen atoms in total. The zero-order valence-corrected chi connectivity index (χ0v) is 12.2. The van der Waals surface area contributed by atoms with Crippen molar-refractivity contribution in [2.75, 3.05) is 26.0 Å². The monoisotopic (exact) mass is 352 g/mol. The predicted molar refractivity (Wildman–Crippen MR) is 76.0 cm³/mol. The van der Waals surface area contributed by atoms with E-state index in [4.69, 9.17) is 11.6 Å². The fourth-order valence-electron chi connectivity index (χ4n) is 1.16. The van der Waals surface area contributed by atoms with Crippen molar-refractivity contribution in [3.8, 4) is 0 Å². The Kier molecular flexibility index (Phi) is 5.34. The highest BCUT2D eigenvalue weighted by atomic mass is 127. The number of rotatable bonds is 4. The largest absolute Gasteiger partial charge is 0.383 e. The maximum Gasteiger partial charge on any atom is 0.223 e. The summed E-state index contributed by atoms with van der Waals surface area (Å²) in [5.74, 6) is 0.106. The summed E-state index contributed by atoms with van der Waals surface area (Å²) in [6.45, 7) is 0.595. The number of nitrogens with one attached hydrogen (secondary N) is 1. The molecule has 0 unspecified atom stereocenters. The SMILES string of the molecule is CN(C)C(=O)CCNc1ccc(I)cc1Cl. The molecule has 0 saturated carbocycles. The van der Waals surface area contributed by atoms with E-state index in [1.165, 1.54) is 0 Å². The summed E-state index contributed by atoms with van der Waals surface area (Å²) in [6.07, 6.45) is 0.468. The fraction of sp³-hybridized carbons (Fsp3) is 0.364. The van der Waals surface area contributed by atoms with Crippen LogP contribution in [0.5, 0.6) is 0 Å². The van der Waals surface area contributed by atoms with Gasteiger partial charge < -0.3 is 10.2 Å². The molecule has 0 heterocycles. The van der Waals surface area contributed by atoms with Gasteiger partial charge in [-0.15, -0.1) is 0 Å². The van der Waals surface area contributed by atoms with Crippen LogP contribution in [0.3, 0.4) is 0 Å². The van der Waals surface area contributed by atoms with Gasteiger partial charge in [0.05, 0.1) is 10.7 Å². The van der Waals surface area contributed by atoms with Gasteiger partial charge in [0.25, 0.3) is 0 Å². The minimum Gasteiger partial charge on any atom is -0.383 e. The van der Waals surface area contributed by atoms with Crippen LogP contribution < -0.4 is 5.32 Å². The molecule has 1 rings (SSSR count). The van der Waals surface area contributed by atoms with E-state index >= 15 is 0 Å².